The van der Waals surface area contributed by atoms with Crippen LogP contribution in [0.25, 0.3) is 0 Å². The Morgan fingerprint density at radius 2 is 2.00 bits per heavy atom. The van der Waals surface area contributed by atoms with Crippen LogP contribution in [0.15, 0.2) is 48.5 Å². The summed E-state index contributed by atoms with van der Waals surface area (Å²) in [7, 11) is 0. The van der Waals surface area contributed by atoms with E-state index in [0.29, 0.717) is 18.1 Å². The average Bonchev–Trinajstić information content (AvgIpc) is 2.94. The number of halogens is 1. The molecule has 2 aromatic rings. The van der Waals surface area contributed by atoms with E-state index in [0.717, 1.165) is 17.7 Å². The molecule has 1 fully saturated rings. The molecule has 1 aliphatic heterocycles. The Bertz CT molecular complexity index is 761. The van der Waals surface area contributed by atoms with Crippen LogP contribution in [0.2, 0.25) is 5.02 Å². The monoisotopic (exact) mass is 344 g/mol. The molecule has 0 spiro atoms. The van der Waals surface area contributed by atoms with Gasteiger partial charge in [0.15, 0.2) is 0 Å². The highest BCUT2D eigenvalue weighted by Gasteiger charge is 2.32. The maximum atomic E-state index is 12.5. The van der Waals surface area contributed by atoms with Crippen molar-refractivity contribution in [2.45, 2.75) is 19.0 Å². The number of aromatic carboxylic acids is 1. The Morgan fingerprint density at radius 1 is 1.25 bits per heavy atom. The molecule has 0 aliphatic carbocycles. The largest absolute Gasteiger partial charge is 0.478 e. The normalized spacial score (nSPS) is 17.3. The second kappa shape index (κ2) is 7.03. The van der Waals surface area contributed by atoms with Crippen molar-refractivity contribution in [1.82, 2.24) is 5.32 Å². The number of hydrogen-bond donors (Lipinski definition) is 2. The Labute approximate surface area is 144 Å². The van der Waals surface area contributed by atoms with E-state index in [2.05, 4.69) is 5.32 Å². The molecule has 0 aromatic heterocycles. The fraction of sp³-hybridized carbons (Fsp3) is 0.222. The Kier molecular flexibility index (Phi) is 4.83. The summed E-state index contributed by atoms with van der Waals surface area (Å²) >= 11 is 5.99. The smallest absolute Gasteiger partial charge is 0.335 e. The van der Waals surface area contributed by atoms with Crippen molar-refractivity contribution in [3.05, 3.63) is 64.7 Å². The van der Waals surface area contributed by atoms with Crippen molar-refractivity contribution < 1.29 is 14.7 Å². The van der Waals surface area contributed by atoms with E-state index in [1.54, 1.807) is 41.3 Å². The molecule has 2 N–H and O–H groups in total. The minimum absolute atomic E-state index is 0.0272. The van der Waals surface area contributed by atoms with Gasteiger partial charge >= 0.3 is 5.97 Å². The van der Waals surface area contributed by atoms with Crippen molar-refractivity contribution in [2.75, 3.05) is 11.4 Å². The molecule has 0 saturated carbocycles. The zero-order chi connectivity index (χ0) is 17.1. The molecule has 1 unspecified atom stereocenters. The quantitative estimate of drug-likeness (QED) is 0.875. The van der Waals surface area contributed by atoms with Gasteiger partial charge in [0.05, 0.1) is 11.6 Å². The third kappa shape index (κ3) is 3.58. The summed E-state index contributed by atoms with van der Waals surface area (Å²) < 4.78 is 0. The molecule has 124 valence electrons. The number of amides is 1. The van der Waals surface area contributed by atoms with Gasteiger partial charge in [0.1, 0.15) is 0 Å². The average molecular weight is 345 g/mol. The third-order valence-corrected chi connectivity index (χ3v) is 4.31. The third-order valence-electron chi connectivity index (χ3n) is 4.08. The van der Waals surface area contributed by atoms with E-state index < -0.39 is 5.97 Å². The first-order valence-electron chi connectivity index (χ1n) is 7.67. The van der Waals surface area contributed by atoms with Crippen LogP contribution in [0.1, 0.15) is 22.3 Å². The Morgan fingerprint density at radius 3 is 2.67 bits per heavy atom. The predicted octanol–water partition coefficient (Wildman–Crippen LogP) is 2.93. The highest BCUT2D eigenvalue weighted by atomic mass is 35.5. The zero-order valence-electron chi connectivity index (χ0n) is 12.9. The van der Waals surface area contributed by atoms with Crippen LogP contribution in [0.3, 0.4) is 0 Å². The molecule has 0 radical (unpaired) electrons. The minimum atomic E-state index is -0.947. The first kappa shape index (κ1) is 16.5. The molecule has 1 heterocycles. The number of carbonyl (C=O) groups is 2. The summed E-state index contributed by atoms with van der Waals surface area (Å²) in [5, 5.41) is 12.7. The molecular formula is C18H17ClN2O3. The highest BCUT2D eigenvalue weighted by Crippen LogP contribution is 2.24. The van der Waals surface area contributed by atoms with E-state index in [1.807, 2.05) is 12.1 Å². The van der Waals surface area contributed by atoms with Crippen molar-refractivity contribution >= 4 is 29.2 Å². The maximum absolute atomic E-state index is 12.5. The fourth-order valence-corrected chi connectivity index (χ4v) is 2.96. The highest BCUT2D eigenvalue weighted by molar-refractivity contribution is 6.31. The van der Waals surface area contributed by atoms with Gasteiger partial charge in [-0.3, -0.25) is 4.79 Å². The van der Waals surface area contributed by atoms with E-state index in [-0.39, 0.29) is 17.5 Å². The van der Waals surface area contributed by atoms with E-state index in [4.69, 9.17) is 16.7 Å². The SMILES string of the molecule is O=C(O)c1ccc(CNC2CCN(c3cccc(Cl)c3)C2=O)cc1. The van der Waals surface area contributed by atoms with E-state index in [1.165, 1.54) is 0 Å². The molecule has 1 aliphatic rings. The standard InChI is InChI=1S/C18H17ClN2O3/c19-14-2-1-3-15(10-14)21-9-8-16(17(21)22)20-11-12-4-6-13(7-5-12)18(23)24/h1-7,10,16,20H,8-9,11H2,(H,23,24). The molecule has 3 rings (SSSR count). The molecule has 5 nitrogen and oxygen atoms in total. The van der Waals surface area contributed by atoms with E-state index in [9.17, 15) is 9.59 Å². The van der Waals surface area contributed by atoms with Crippen molar-refractivity contribution in [2.24, 2.45) is 0 Å². The summed E-state index contributed by atoms with van der Waals surface area (Å²) in [5.74, 6) is -0.919. The van der Waals surface area contributed by atoms with Crippen molar-refractivity contribution in [3.8, 4) is 0 Å². The van der Waals surface area contributed by atoms with Gasteiger partial charge in [0.25, 0.3) is 0 Å². The number of carbonyl (C=O) groups excluding carboxylic acids is 1. The fourth-order valence-electron chi connectivity index (χ4n) is 2.78. The number of carboxylic acids is 1. The number of hydrogen-bond acceptors (Lipinski definition) is 3. The number of anilines is 1. The molecule has 1 saturated heterocycles. The number of carboxylic acid groups (broad SMARTS) is 1. The van der Waals surface area contributed by atoms with Crippen LogP contribution >= 0.6 is 11.6 Å². The number of benzene rings is 2. The van der Waals surface area contributed by atoms with E-state index >= 15 is 0 Å². The summed E-state index contributed by atoms with van der Waals surface area (Å²) in [6.07, 6.45) is 0.721. The van der Waals surface area contributed by atoms with Gasteiger partial charge in [-0.25, -0.2) is 4.79 Å². The van der Waals surface area contributed by atoms with Crippen LogP contribution in [-0.4, -0.2) is 29.6 Å². The Balaban J connectivity index is 1.61. The number of rotatable bonds is 5. The molecule has 24 heavy (non-hydrogen) atoms. The maximum Gasteiger partial charge on any atom is 0.335 e. The molecule has 1 atom stereocenters. The Hall–Kier alpha value is -2.37. The van der Waals surface area contributed by atoms with Gasteiger partial charge in [-0.2, -0.15) is 0 Å². The second-order valence-electron chi connectivity index (χ2n) is 5.69. The lowest BCUT2D eigenvalue weighted by Crippen LogP contribution is -2.38. The van der Waals surface area contributed by atoms with Crippen LogP contribution in [0.4, 0.5) is 5.69 Å². The van der Waals surface area contributed by atoms with Crippen LogP contribution in [-0.2, 0) is 11.3 Å². The number of nitrogens with one attached hydrogen (secondary N) is 1. The number of nitrogens with zero attached hydrogens (tertiary/aromatic N) is 1. The first-order chi connectivity index (χ1) is 11.5. The van der Waals surface area contributed by atoms with Crippen LogP contribution in [0.5, 0.6) is 0 Å². The second-order valence-corrected chi connectivity index (χ2v) is 6.13. The summed E-state index contributed by atoms with van der Waals surface area (Å²) in [5.41, 5.74) is 2.00. The zero-order valence-corrected chi connectivity index (χ0v) is 13.7. The molecule has 0 bridgehead atoms. The molecule has 2 aromatic carbocycles. The first-order valence-corrected chi connectivity index (χ1v) is 8.05. The molecule has 6 heteroatoms. The van der Waals surface area contributed by atoms with Crippen LogP contribution in [0, 0.1) is 0 Å². The van der Waals surface area contributed by atoms with Gasteiger partial charge in [0, 0.05) is 23.8 Å². The van der Waals surface area contributed by atoms with Gasteiger partial charge in [0.2, 0.25) is 5.91 Å². The summed E-state index contributed by atoms with van der Waals surface area (Å²) in [6.45, 7) is 1.16. The molecular weight excluding hydrogens is 328 g/mol. The minimum Gasteiger partial charge on any atom is -0.478 e. The molecule has 1 amide bonds. The van der Waals surface area contributed by atoms with Crippen molar-refractivity contribution in [3.63, 3.8) is 0 Å². The lowest BCUT2D eigenvalue weighted by Gasteiger charge is -2.17. The predicted molar refractivity (Wildman–Crippen MR) is 92.5 cm³/mol. The lowest BCUT2D eigenvalue weighted by molar-refractivity contribution is -0.118. The summed E-state index contributed by atoms with van der Waals surface area (Å²) in [6, 6.07) is 13.7. The van der Waals surface area contributed by atoms with Gasteiger partial charge in [-0.05, 0) is 42.3 Å². The van der Waals surface area contributed by atoms with Crippen molar-refractivity contribution in [1.29, 1.82) is 0 Å². The summed E-state index contributed by atoms with van der Waals surface area (Å²) in [4.78, 5) is 25.1. The van der Waals surface area contributed by atoms with Crippen LogP contribution < -0.4 is 10.2 Å². The van der Waals surface area contributed by atoms with Gasteiger partial charge in [-0.15, -0.1) is 0 Å². The van der Waals surface area contributed by atoms with Gasteiger partial charge in [-0.1, -0.05) is 29.8 Å². The van der Waals surface area contributed by atoms with Gasteiger partial charge < -0.3 is 15.3 Å². The topological polar surface area (TPSA) is 69.6 Å². The lowest BCUT2D eigenvalue weighted by atomic mass is 10.1.